The molecule has 26 heavy (non-hydrogen) atoms. The van der Waals surface area contributed by atoms with E-state index in [4.69, 9.17) is 0 Å². The van der Waals surface area contributed by atoms with Crippen molar-refractivity contribution >= 4 is 28.1 Å². The van der Waals surface area contributed by atoms with Gasteiger partial charge in [0.2, 0.25) is 0 Å². The summed E-state index contributed by atoms with van der Waals surface area (Å²) >= 11 is 0. The van der Waals surface area contributed by atoms with Crippen molar-refractivity contribution in [3.8, 4) is 0 Å². The summed E-state index contributed by atoms with van der Waals surface area (Å²) in [6, 6.07) is 14.0. The number of hydrogen-bond donors (Lipinski definition) is 2. The number of urea groups is 1. The smallest absolute Gasteiger partial charge is 0.339 e. The lowest BCUT2D eigenvalue weighted by Crippen LogP contribution is -2.39. The van der Waals surface area contributed by atoms with Crippen molar-refractivity contribution in [3.63, 3.8) is 0 Å². The van der Waals surface area contributed by atoms with E-state index in [0.29, 0.717) is 0 Å². The summed E-state index contributed by atoms with van der Waals surface area (Å²) in [5.74, 6) is -0.808. The SMILES string of the molecule is COC(=O)c1ccccc1S(=O)(=O)NC(=O)NCC=Cc1ccccc1. The van der Waals surface area contributed by atoms with Crippen LogP contribution >= 0.6 is 0 Å². The second-order valence-electron chi connectivity index (χ2n) is 5.12. The zero-order valence-corrected chi connectivity index (χ0v) is 14.8. The van der Waals surface area contributed by atoms with E-state index < -0.39 is 22.0 Å². The third-order valence-corrected chi connectivity index (χ3v) is 4.69. The molecule has 8 heteroatoms. The fraction of sp³-hybridized carbons (Fsp3) is 0.111. The molecule has 0 atom stereocenters. The standard InChI is InChI=1S/C18H18N2O5S/c1-25-17(21)15-11-5-6-12-16(15)26(23,24)20-18(22)19-13-7-10-14-8-3-2-4-9-14/h2-12H,13H2,1H3,(H2,19,20,22). The summed E-state index contributed by atoms with van der Waals surface area (Å²) < 4.78 is 31.1. The average Bonchev–Trinajstić information content (AvgIpc) is 2.65. The molecule has 136 valence electrons. The number of benzene rings is 2. The van der Waals surface area contributed by atoms with Gasteiger partial charge < -0.3 is 10.1 Å². The van der Waals surface area contributed by atoms with Crippen molar-refractivity contribution < 1.29 is 22.7 Å². The number of esters is 1. The largest absolute Gasteiger partial charge is 0.465 e. The van der Waals surface area contributed by atoms with Crippen LogP contribution < -0.4 is 10.0 Å². The highest BCUT2D eigenvalue weighted by Crippen LogP contribution is 2.16. The van der Waals surface area contributed by atoms with Crippen molar-refractivity contribution in [1.29, 1.82) is 0 Å². The number of amides is 2. The molecule has 0 fully saturated rings. The van der Waals surface area contributed by atoms with E-state index in [9.17, 15) is 18.0 Å². The fourth-order valence-electron chi connectivity index (χ4n) is 2.10. The van der Waals surface area contributed by atoms with Crippen molar-refractivity contribution in [2.24, 2.45) is 0 Å². The van der Waals surface area contributed by atoms with E-state index in [0.717, 1.165) is 12.7 Å². The van der Waals surface area contributed by atoms with E-state index >= 15 is 0 Å². The molecular formula is C18H18N2O5S. The molecule has 0 saturated heterocycles. The number of rotatable bonds is 6. The van der Waals surface area contributed by atoms with Gasteiger partial charge in [-0.1, -0.05) is 54.6 Å². The maximum atomic E-state index is 12.3. The zero-order chi connectivity index (χ0) is 19.0. The first kappa shape index (κ1) is 19.2. The molecule has 0 aliphatic heterocycles. The number of ether oxygens (including phenoxy) is 1. The molecular weight excluding hydrogens is 356 g/mol. The fourth-order valence-corrected chi connectivity index (χ4v) is 3.23. The molecule has 2 aromatic carbocycles. The molecule has 2 amide bonds. The monoisotopic (exact) mass is 374 g/mol. The van der Waals surface area contributed by atoms with Gasteiger partial charge in [-0.3, -0.25) is 0 Å². The van der Waals surface area contributed by atoms with Gasteiger partial charge in [-0.05, 0) is 17.7 Å². The molecule has 0 saturated carbocycles. The summed E-state index contributed by atoms with van der Waals surface area (Å²) in [6.07, 6.45) is 3.48. The van der Waals surface area contributed by atoms with E-state index in [1.807, 2.05) is 35.1 Å². The third kappa shape index (κ3) is 5.18. The number of carbonyl (C=O) groups excluding carboxylic acids is 2. The molecule has 0 spiro atoms. The summed E-state index contributed by atoms with van der Waals surface area (Å²) in [6.45, 7) is 0.134. The van der Waals surface area contributed by atoms with Gasteiger partial charge in [0.1, 0.15) is 4.90 Å². The number of carbonyl (C=O) groups is 2. The van der Waals surface area contributed by atoms with Gasteiger partial charge in [0, 0.05) is 6.54 Å². The Hall–Kier alpha value is -3.13. The Morgan fingerprint density at radius 3 is 2.38 bits per heavy atom. The van der Waals surface area contributed by atoms with Crippen molar-refractivity contribution in [2.75, 3.05) is 13.7 Å². The Balaban J connectivity index is 2.00. The van der Waals surface area contributed by atoms with Gasteiger partial charge in [-0.25, -0.2) is 22.7 Å². The van der Waals surface area contributed by atoms with E-state index in [1.165, 1.54) is 24.3 Å². The van der Waals surface area contributed by atoms with Crippen molar-refractivity contribution in [1.82, 2.24) is 10.0 Å². The number of methoxy groups -OCH3 is 1. The molecule has 0 unspecified atom stereocenters. The van der Waals surface area contributed by atoms with Crippen LogP contribution in [0.4, 0.5) is 4.79 Å². The van der Waals surface area contributed by atoms with Gasteiger partial charge in [0.05, 0.1) is 12.7 Å². The number of nitrogens with one attached hydrogen (secondary N) is 2. The molecule has 7 nitrogen and oxygen atoms in total. The van der Waals surface area contributed by atoms with Crippen LogP contribution in [0.5, 0.6) is 0 Å². The van der Waals surface area contributed by atoms with Crippen molar-refractivity contribution in [2.45, 2.75) is 4.90 Å². The summed E-state index contributed by atoms with van der Waals surface area (Å²) in [5.41, 5.74) is 0.800. The Morgan fingerprint density at radius 2 is 1.69 bits per heavy atom. The van der Waals surface area contributed by atoms with Crippen LogP contribution in [0.1, 0.15) is 15.9 Å². The zero-order valence-electron chi connectivity index (χ0n) is 14.0. The normalized spacial score (nSPS) is 11.1. The van der Waals surface area contributed by atoms with Crippen LogP contribution in [0.2, 0.25) is 0 Å². The van der Waals surface area contributed by atoms with E-state index in [-0.39, 0.29) is 17.0 Å². The average molecular weight is 374 g/mol. The minimum absolute atomic E-state index is 0.134. The molecule has 0 heterocycles. The summed E-state index contributed by atoms with van der Waals surface area (Å²) in [5, 5.41) is 2.41. The molecule has 2 rings (SSSR count). The maximum Gasteiger partial charge on any atom is 0.339 e. The predicted molar refractivity (Wildman–Crippen MR) is 97.0 cm³/mol. The third-order valence-electron chi connectivity index (χ3n) is 3.30. The highest BCUT2D eigenvalue weighted by molar-refractivity contribution is 7.90. The lowest BCUT2D eigenvalue weighted by Gasteiger charge is -2.10. The second kappa shape index (κ2) is 8.82. The maximum absolute atomic E-state index is 12.3. The van der Waals surface area contributed by atoms with E-state index in [1.54, 1.807) is 12.2 Å². The molecule has 0 radical (unpaired) electrons. The minimum atomic E-state index is -4.22. The van der Waals surface area contributed by atoms with Crippen molar-refractivity contribution in [3.05, 3.63) is 71.8 Å². The van der Waals surface area contributed by atoms with Crippen LogP contribution in [0.15, 0.2) is 65.6 Å². The number of sulfonamides is 1. The second-order valence-corrected chi connectivity index (χ2v) is 6.77. The first-order valence-corrected chi connectivity index (χ1v) is 9.12. The van der Waals surface area contributed by atoms with Gasteiger partial charge in [0.25, 0.3) is 10.0 Å². The van der Waals surface area contributed by atoms with Crippen LogP contribution in [-0.2, 0) is 14.8 Å². The Bertz CT molecular complexity index is 908. The van der Waals surface area contributed by atoms with Gasteiger partial charge in [0.15, 0.2) is 0 Å². The lowest BCUT2D eigenvalue weighted by atomic mass is 10.2. The highest BCUT2D eigenvalue weighted by Gasteiger charge is 2.24. The molecule has 0 aliphatic rings. The first-order valence-electron chi connectivity index (χ1n) is 7.63. The van der Waals surface area contributed by atoms with Crippen LogP contribution in [0.25, 0.3) is 6.08 Å². The molecule has 2 aromatic rings. The number of hydrogen-bond acceptors (Lipinski definition) is 5. The Morgan fingerprint density at radius 1 is 1.04 bits per heavy atom. The molecule has 0 bridgehead atoms. The Kier molecular flexibility index (Phi) is 6.51. The first-order chi connectivity index (χ1) is 12.4. The predicted octanol–water partition coefficient (Wildman–Crippen LogP) is 2.17. The highest BCUT2D eigenvalue weighted by atomic mass is 32.2. The van der Waals surface area contributed by atoms with Gasteiger partial charge in [-0.2, -0.15) is 0 Å². The Labute approximate surface area is 151 Å². The quantitative estimate of drug-likeness (QED) is 0.755. The van der Waals surface area contributed by atoms with Crippen LogP contribution in [0.3, 0.4) is 0 Å². The molecule has 0 aromatic heterocycles. The molecule has 2 N–H and O–H groups in total. The minimum Gasteiger partial charge on any atom is -0.465 e. The van der Waals surface area contributed by atoms with Gasteiger partial charge in [-0.15, -0.1) is 0 Å². The lowest BCUT2D eigenvalue weighted by molar-refractivity contribution is 0.0596. The van der Waals surface area contributed by atoms with Crippen LogP contribution in [0, 0.1) is 0 Å². The summed E-state index contributed by atoms with van der Waals surface area (Å²) in [7, 11) is -3.08. The molecule has 0 aliphatic carbocycles. The van der Waals surface area contributed by atoms with Crippen LogP contribution in [-0.4, -0.2) is 34.1 Å². The topological polar surface area (TPSA) is 102 Å². The van der Waals surface area contributed by atoms with E-state index in [2.05, 4.69) is 10.1 Å². The van der Waals surface area contributed by atoms with Gasteiger partial charge >= 0.3 is 12.0 Å². The summed E-state index contributed by atoms with van der Waals surface area (Å²) in [4.78, 5) is 23.2.